The van der Waals surface area contributed by atoms with Gasteiger partial charge in [-0.15, -0.1) is 11.3 Å². The van der Waals surface area contributed by atoms with Gasteiger partial charge in [-0.2, -0.15) is 0 Å². The zero-order valence-corrected chi connectivity index (χ0v) is 18.9. The molecule has 7 heteroatoms. The van der Waals surface area contributed by atoms with Crippen molar-refractivity contribution in [2.24, 2.45) is 0 Å². The number of rotatable bonds is 6. The third-order valence-electron chi connectivity index (χ3n) is 5.78. The molecule has 3 aromatic rings. The van der Waals surface area contributed by atoms with Crippen LogP contribution in [0, 0.1) is 0 Å². The van der Waals surface area contributed by atoms with Crippen LogP contribution in [0.15, 0.2) is 71.7 Å². The predicted molar refractivity (Wildman–Crippen MR) is 128 cm³/mol. The Bertz CT molecular complexity index is 1260. The molecule has 2 aromatic carbocycles. The highest BCUT2D eigenvalue weighted by Gasteiger charge is 2.44. The Labute approximate surface area is 195 Å². The van der Waals surface area contributed by atoms with Crippen LogP contribution in [0.1, 0.15) is 34.1 Å². The van der Waals surface area contributed by atoms with Gasteiger partial charge in [-0.25, -0.2) is 9.69 Å². The van der Waals surface area contributed by atoms with Gasteiger partial charge in [0, 0.05) is 17.1 Å². The molecule has 0 saturated carbocycles. The second kappa shape index (κ2) is 8.67. The fraction of sp³-hybridized carbons (Fsp3) is 0.192. The molecular formula is C26H22N2O4S. The third kappa shape index (κ3) is 3.64. The summed E-state index contributed by atoms with van der Waals surface area (Å²) >= 11 is 1.44. The van der Waals surface area contributed by atoms with Crippen LogP contribution in [-0.2, 0) is 20.7 Å². The smallest absolute Gasteiger partial charge is 0.338 e. The van der Waals surface area contributed by atoms with Crippen molar-refractivity contribution in [1.29, 1.82) is 0 Å². The van der Waals surface area contributed by atoms with Gasteiger partial charge in [0.25, 0.3) is 11.8 Å². The maximum atomic E-state index is 13.7. The fourth-order valence-corrected chi connectivity index (χ4v) is 5.00. The average Bonchev–Trinajstić information content (AvgIpc) is 3.56. The van der Waals surface area contributed by atoms with Crippen molar-refractivity contribution in [2.45, 2.75) is 19.8 Å². The van der Waals surface area contributed by atoms with Crippen molar-refractivity contribution in [3.8, 4) is 0 Å². The highest BCUT2D eigenvalue weighted by molar-refractivity contribution is 7.11. The summed E-state index contributed by atoms with van der Waals surface area (Å²) in [5.74, 6) is -1.14. The van der Waals surface area contributed by atoms with Crippen LogP contribution < -0.4 is 9.80 Å². The Balaban J connectivity index is 1.52. The largest absolute Gasteiger partial charge is 0.462 e. The first-order valence-corrected chi connectivity index (χ1v) is 11.8. The summed E-state index contributed by atoms with van der Waals surface area (Å²) in [6.07, 6.45) is 1.55. The molecule has 166 valence electrons. The van der Waals surface area contributed by atoms with Gasteiger partial charge in [0.2, 0.25) is 0 Å². The van der Waals surface area contributed by atoms with E-state index < -0.39 is 5.97 Å². The number of hydrogen-bond acceptors (Lipinski definition) is 6. The van der Waals surface area contributed by atoms with E-state index in [-0.39, 0.29) is 11.8 Å². The number of thiophene rings is 1. The molecule has 0 atom stereocenters. The first kappa shape index (κ1) is 21.2. The molecule has 33 heavy (non-hydrogen) atoms. The maximum absolute atomic E-state index is 13.7. The molecule has 0 saturated heterocycles. The van der Waals surface area contributed by atoms with E-state index in [2.05, 4.69) is 6.07 Å². The van der Waals surface area contributed by atoms with E-state index in [1.807, 2.05) is 47.5 Å². The average molecular weight is 459 g/mol. The molecule has 2 aliphatic heterocycles. The van der Waals surface area contributed by atoms with Gasteiger partial charge in [-0.1, -0.05) is 31.2 Å². The minimum absolute atomic E-state index is 0.346. The van der Waals surface area contributed by atoms with Gasteiger partial charge in [0.1, 0.15) is 5.70 Å². The molecule has 0 N–H and O–H groups in total. The van der Waals surface area contributed by atoms with E-state index in [9.17, 15) is 14.4 Å². The van der Waals surface area contributed by atoms with Crippen molar-refractivity contribution in [3.05, 3.63) is 87.7 Å². The summed E-state index contributed by atoms with van der Waals surface area (Å²) in [6, 6.07) is 18.1. The number of hydrogen-bond donors (Lipinski definition) is 0. The minimum atomic E-state index is -0.422. The number of para-hydroxylation sites is 1. The number of imide groups is 1. The number of benzene rings is 2. The zero-order chi connectivity index (χ0) is 22.9. The quantitative estimate of drug-likeness (QED) is 0.397. The SMILES string of the molecule is CCCOC(=O)c1ccc(N2C(=O)C(c3cccs3)=C(N3CCc4ccccc43)C2=O)cc1. The summed E-state index contributed by atoms with van der Waals surface area (Å²) < 4.78 is 5.17. The second-order valence-corrected chi connectivity index (χ2v) is 8.81. The lowest BCUT2D eigenvalue weighted by Crippen LogP contribution is -2.34. The lowest BCUT2D eigenvalue weighted by molar-refractivity contribution is -0.120. The van der Waals surface area contributed by atoms with Crippen molar-refractivity contribution < 1.29 is 19.1 Å². The first-order valence-electron chi connectivity index (χ1n) is 10.9. The Morgan fingerprint density at radius 1 is 1.00 bits per heavy atom. The van der Waals surface area contributed by atoms with Crippen LogP contribution >= 0.6 is 11.3 Å². The second-order valence-electron chi connectivity index (χ2n) is 7.86. The van der Waals surface area contributed by atoms with Gasteiger partial charge < -0.3 is 9.64 Å². The molecule has 2 aliphatic rings. The van der Waals surface area contributed by atoms with E-state index in [1.54, 1.807) is 24.3 Å². The van der Waals surface area contributed by atoms with E-state index in [4.69, 9.17) is 4.74 Å². The van der Waals surface area contributed by atoms with E-state index in [0.29, 0.717) is 35.7 Å². The van der Waals surface area contributed by atoms with E-state index in [1.165, 1.54) is 16.2 Å². The van der Waals surface area contributed by atoms with Gasteiger partial charge >= 0.3 is 5.97 Å². The van der Waals surface area contributed by atoms with Gasteiger partial charge in [-0.05, 0) is 60.2 Å². The lowest BCUT2D eigenvalue weighted by atomic mass is 10.1. The lowest BCUT2D eigenvalue weighted by Gasteiger charge is -2.21. The summed E-state index contributed by atoms with van der Waals surface area (Å²) in [5.41, 5.74) is 3.74. The number of anilines is 2. The molecular weight excluding hydrogens is 436 g/mol. The van der Waals surface area contributed by atoms with Crippen molar-refractivity contribution in [3.63, 3.8) is 0 Å². The molecule has 5 rings (SSSR count). The van der Waals surface area contributed by atoms with Crippen molar-refractivity contribution >= 4 is 46.1 Å². The molecule has 1 aromatic heterocycles. The molecule has 3 heterocycles. The highest BCUT2D eigenvalue weighted by atomic mass is 32.1. The zero-order valence-electron chi connectivity index (χ0n) is 18.1. The monoisotopic (exact) mass is 458 g/mol. The summed E-state index contributed by atoms with van der Waals surface area (Å²) in [6.45, 7) is 2.91. The Hall–Kier alpha value is -3.71. The fourth-order valence-electron chi connectivity index (χ4n) is 4.24. The molecule has 6 nitrogen and oxygen atoms in total. The summed E-state index contributed by atoms with van der Waals surface area (Å²) in [7, 11) is 0. The van der Waals surface area contributed by atoms with Crippen LogP contribution in [-0.4, -0.2) is 30.9 Å². The topological polar surface area (TPSA) is 66.9 Å². The summed E-state index contributed by atoms with van der Waals surface area (Å²) in [5, 5.41) is 1.90. The van der Waals surface area contributed by atoms with Crippen LogP contribution in [0.5, 0.6) is 0 Å². The summed E-state index contributed by atoms with van der Waals surface area (Å²) in [4.78, 5) is 43.3. The molecule has 2 amide bonds. The molecule has 0 bridgehead atoms. The normalized spacial score (nSPS) is 15.4. The minimum Gasteiger partial charge on any atom is -0.462 e. The van der Waals surface area contributed by atoms with Gasteiger partial charge in [0.15, 0.2) is 0 Å². The number of carbonyl (C=O) groups is 3. The van der Waals surface area contributed by atoms with E-state index in [0.717, 1.165) is 29.0 Å². The highest BCUT2D eigenvalue weighted by Crippen LogP contribution is 2.41. The number of fused-ring (bicyclic) bond motifs is 1. The third-order valence-corrected chi connectivity index (χ3v) is 6.67. The molecule has 0 aliphatic carbocycles. The van der Waals surface area contributed by atoms with Crippen LogP contribution in [0.2, 0.25) is 0 Å². The molecule has 0 fully saturated rings. The predicted octanol–water partition coefficient (Wildman–Crippen LogP) is 4.66. The molecule has 0 radical (unpaired) electrons. The number of ether oxygens (including phenoxy) is 1. The van der Waals surface area contributed by atoms with Crippen LogP contribution in [0.4, 0.5) is 11.4 Å². The van der Waals surface area contributed by atoms with Crippen LogP contribution in [0.25, 0.3) is 5.57 Å². The Kier molecular flexibility index (Phi) is 5.56. The standard InChI is InChI=1S/C26H22N2O4S/c1-2-15-32-26(31)18-9-11-19(12-10-18)28-24(29)22(21-8-5-16-33-21)23(25(28)30)27-14-13-17-6-3-4-7-20(17)27/h3-12,16H,2,13-15H2,1H3. The first-order chi connectivity index (χ1) is 16.1. The van der Waals surface area contributed by atoms with Crippen molar-refractivity contribution in [2.75, 3.05) is 23.0 Å². The number of nitrogens with zero attached hydrogens (tertiary/aromatic N) is 2. The number of esters is 1. The molecule has 0 unspecified atom stereocenters. The van der Waals surface area contributed by atoms with Crippen LogP contribution in [0.3, 0.4) is 0 Å². The number of carbonyl (C=O) groups excluding carboxylic acids is 3. The number of amides is 2. The Morgan fingerprint density at radius 3 is 2.52 bits per heavy atom. The van der Waals surface area contributed by atoms with Gasteiger partial charge in [-0.3, -0.25) is 9.59 Å². The molecule has 0 spiro atoms. The van der Waals surface area contributed by atoms with Crippen molar-refractivity contribution in [1.82, 2.24) is 0 Å². The van der Waals surface area contributed by atoms with E-state index >= 15 is 0 Å². The Morgan fingerprint density at radius 2 is 1.79 bits per heavy atom. The maximum Gasteiger partial charge on any atom is 0.338 e. The van der Waals surface area contributed by atoms with Gasteiger partial charge in [0.05, 0.1) is 23.4 Å².